The fourth-order valence-corrected chi connectivity index (χ4v) is 2.23. The summed E-state index contributed by atoms with van der Waals surface area (Å²) in [5.74, 6) is -0.163. The number of amides is 1. The number of carbonyl (C=O) groups is 1. The van der Waals surface area contributed by atoms with E-state index in [4.69, 9.17) is 5.73 Å². The molecule has 0 unspecified atom stereocenters. The van der Waals surface area contributed by atoms with Crippen molar-refractivity contribution >= 4 is 30.7 Å². The van der Waals surface area contributed by atoms with Gasteiger partial charge < -0.3 is 11.1 Å². The summed E-state index contributed by atoms with van der Waals surface area (Å²) in [5.41, 5.74) is 5.11. The zero-order valence-electron chi connectivity index (χ0n) is 10.7. The Labute approximate surface area is 128 Å². The lowest BCUT2D eigenvalue weighted by Crippen LogP contribution is -2.51. The van der Waals surface area contributed by atoms with Crippen LogP contribution in [-0.4, -0.2) is 21.0 Å². The zero-order chi connectivity index (χ0) is 13.2. The number of halogens is 4. The van der Waals surface area contributed by atoms with E-state index >= 15 is 0 Å². The van der Waals surface area contributed by atoms with Gasteiger partial charge in [0.2, 0.25) is 5.91 Å². The molecule has 0 saturated heterocycles. The van der Waals surface area contributed by atoms with Crippen molar-refractivity contribution in [3.63, 3.8) is 0 Å². The van der Waals surface area contributed by atoms with Crippen LogP contribution in [0.1, 0.15) is 38.1 Å². The van der Waals surface area contributed by atoms with E-state index in [-0.39, 0.29) is 43.1 Å². The summed E-state index contributed by atoms with van der Waals surface area (Å²) >= 11 is 0. The fraction of sp³-hybridized carbons (Fsp3) is 0.636. The Bertz CT molecular complexity index is 436. The van der Waals surface area contributed by atoms with Crippen LogP contribution in [0.15, 0.2) is 12.4 Å². The molecule has 1 fully saturated rings. The Morgan fingerprint density at radius 3 is 2.60 bits per heavy atom. The summed E-state index contributed by atoms with van der Waals surface area (Å²) in [6, 6.07) is 0. The number of hydrogen-bond donors (Lipinski definition) is 2. The molecule has 1 heterocycles. The lowest BCUT2D eigenvalue weighted by molar-refractivity contribution is -0.126. The predicted octanol–water partition coefficient (Wildman–Crippen LogP) is 2.01. The number of nitrogens with zero attached hydrogens (tertiary/aromatic N) is 2. The maximum atomic E-state index is 12.5. The van der Waals surface area contributed by atoms with E-state index in [1.165, 1.54) is 12.4 Å². The van der Waals surface area contributed by atoms with Crippen molar-refractivity contribution in [3.8, 4) is 0 Å². The van der Waals surface area contributed by atoms with Gasteiger partial charge in [-0.1, -0.05) is 12.8 Å². The molecule has 0 spiro atoms. The van der Waals surface area contributed by atoms with Crippen LogP contribution < -0.4 is 11.1 Å². The van der Waals surface area contributed by atoms with Gasteiger partial charge in [0, 0.05) is 12.4 Å². The quantitative estimate of drug-likeness (QED) is 0.886. The van der Waals surface area contributed by atoms with E-state index in [1.807, 2.05) is 0 Å². The van der Waals surface area contributed by atoms with Gasteiger partial charge in [0.15, 0.2) is 0 Å². The molecule has 1 aliphatic carbocycles. The molecule has 0 atom stereocenters. The van der Waals surface area contributed by atoms with E-state index < -0.39 is 12.1 Å². The second-order valence-electron chi connectivity index (χ2n) is 4.57. The molecule has 116 valence electrons. The van der Waals surface area contributed by atoms with Crippen molar-refractivity contribution in [2.75, 3.05) is 0 Å². The van der Waals surface area contributed by atoms with Gasteiger partial charge in [0.25, 0.3) is 0 Å². The normalized spacial score (nSPS) is 16.4. The first kappa shape index (κ1) is 19.1. The van der Waals surface area contributed by atoms with E-state index in [9.17, 15) is 13.6 Å². The van der Waals surface area contributed by atoms with Gasteiger partial charge in [-0.05, 0) is 12.8 Å². The van der Waals surface area contributed by atoms with Crippen molar-refractivity contribution < 1.29 is 13.6 Å². The number of carbonyl (C=O) groups excluding carboxylic acids is 1. The smallest absolute Gasteiger partial charge is 0.319 e. The molecule has 0 bridgehead atoms. The van der Waals surface area contributed by atoms with Gasteiger partial charge in [0.1, 0.15) is 5.82 Å². The van der Waals surface area contributed by atoms with Gasteiger partial charge in [-0.3, -0.25) is 9.36 Å². The molecule has 0 aliphatic heterocycles. The van der Waals surface area contributed by atoms with Crippen molar-refractivity contribution in [2.45, 2.75) is 44.3 Å². The minimum atomic E-state index is -2.65. The SMILES string of the molecule is Cl.Cl.NC1(C(=O)NCc2nccn2C(F)F)CCCC1. The molecule has 1 amide bonds. The Morgan fingerprint density at radius 2 is 2.05 bits per heavy atom. The zero-order valence-corrected chi connectivity index (χ0v) is 12.4. The third kappa shape index (κ3) is 4.04. The first-order valence-corrected chi connectivity index (χ1v) is 5.90. The minimum Gasteiger partial charge on any atom is -0.347 e. The molecule has 5 nitrogen and oxygen atoms in total. The fourth-order valence-electron chi connectivity index (χ4n) is 2.23. The molecule has 1 aliphatic rings. The van der Waals surface area contributed by atoms with Crippen LogP contribution in [-0.2, 0) is 11.3 Å². The lowest BCUT2D eigenvalue weighted by atomic mass is 9.98. The molecule has 9 heteroatoms. The number of nitrogens with two attached hydrogens (primary N) is 1. The molecule has 1 aromatic heterocycles. The first-order valence-electron chi connectivity index (χ1n) is 5.90. The molecular weight excluding hydrogens is 313 g/mol. The number of nitrogens with one attached hydrogen (secondary N) is 1. The molecule has 3 N–H and O–H groups in total. The van der Waals surface area contributed by atoms with Crippen LogP contribution in [0.5, 0.6) is 0 Å². The minimum absolute atomic E-state index is 0. The van der Waals surface area contributed by atoms with Gasteiger partial charge in [-0.25, -0.2) is 4.98 Å². The van der Waals surface area contributed by atoms with Crippen LogP contribution in [0.3, 0.4) is 0 Å². The topological polar surface area (TPSA) is 72.9 Å². The first-order chi connectivity index (χ1) is 8.53. The molecule has 0 radical (unpaired) electrons. The van der Waals surface area contributed by atoms with E-state index in [1.54, 1.807) is 0 Å². The number of imidazole rings is 1. The molecule has 1 aromatic rings. The van der Waals surface area contributed by atoms with Gasteiger partial charge in [-0.2, -0.15) is 8.78 Å². The van der Waals surface area contributed by atoms with E-state index in [0.717, 1.165) is 17.4 Å². The third-order valence-corrected chi connectivity index (χ3v) is 3.31. The highest BCUT2D eigenvalue weighted by molar-refractivity contribution is 5.86. The van der Waals surface area contributed by atoms with Gasteiger partial charge >= 0.3 is 6.55 Å². The highest BCUT2D eigenvalue weighted by Crippen LogP contribution is 2.27. The second kappa shape index (κ2) is 7.75. The van der Waals surface area contributed by atoms with Gasteiger partial charge in [0.05, 0.1) is 12.1 Å². The number of alkyl halides is 2. The van der Waals surface area contributed by atoms with Crippen LogP contribution in [0.25, 0.3) is 0 Å². The Balaban J connectivity index is 0.00000180. The predicted molar refractivity (Wildman–Crippen MR) is 75.2 cm³/mol. The molecule has 0 aromatic carbocycles. The summed E-state index contributed by atoms with van der Waals surface area (Å²) in [6.07, 6.45) is 5.59. The largest absolute Gasteiger partial charge is 0.347 e. The van der Waals surface area contributed by atoms with Crippen molar-refractivity contribution in [2.24, 2.45) is 5.73 Å². The molecular formula is C11H18Cl2F2N4O. The van der Waals surface area contributed by atoms with E-state index in [0.29, 0.717) is 12.8 Å². The van der Waals surface area contributed by atoms with Crippen LogP contribution >= 0.6 is 24.8 Å². The van der Waals surface area contributed by atoms with Crippen molar-refractivity contribution in [1.82, 2.24) is 14.9 Å². The van der Waals surface area contributed by atoms with Crippen molar-refractivity contribution in [3.05, 3.63) is 18.2 Å². The standard InChI is InChI=1S/C11H16F2N4O.2ClH/c12-10(13)17-6-5-15-8(17)7-16-9(18)11(14)3-1-2-4-11;;/h5-6,10H,1-4,7,14H2,(H,16,18);2*1H. The maximum absolute atomic E-state index is 12.5. The molecule has 20 heavy (non-hydrogen) atoms. The lowest BCUT2D eigenvalue weighted by Gasteiger charge is -2.22. The average Bonchev–Trinajstić information content (AvgIpc) is 2.95. The van der Waals surface area contributed by atoms with Crippen LogP contribution in [0.4, 0.5) is 8.78 Å². The summed E-state index contributed by atoms with van der Waals surface area (Å²) in [5, 5.41) is 2.58. The Hall–Kier alpha value is -0.920. The highest BCUT2D eigenvalue weighted by atomic mass is 35.5. The highest BCUT2D eigenvalue weighted by Gasteiger charge is 2.36. The van der Waals surface area contributed by atoms with E-state index in [2.05, 4.69) is 10.3 Å². The van der Waals surface area contributed by atoms with Crippen molar-refractivity contribution in [1.29, 1.82) is 0 Å². The average molecular weight is 331 g/mol. The summed E-state index contributed by atoms with van der Waals surface area (Å²) in [4.78, 5) is 15.7. The second-order valence-corrected chi connectivity index (χ2v) is 4.57. The third-order valence-electron chi connectivity index (χ3n) is 3.31. The van der Waals surface area contributed by atoms with Crippen LogP contribution in [0.2, 0.25) is 0 Å². The van der Waals surface area contributed by atoms with Crippen LogP contribution in [0, 0.1) is 0 Å². The maximum Gasteiger partial charge on any atom is 0.319 e. The summed E-state index contributed by atoms with van der Waals surface area (Å²) in [7, 11) is 0. The number of hydrogen-bond acceptors (Lipinski definition) is 3. The molecule has 1 saturated carbocycles. The number of aromatic nitrogens is 2. The number of rotatable bonds is 4. The Kier molecular flexibility index (Phi) is 7.40. The summed E-state index contributed by atoms with van der Waals surface area (Å²) in [6.45, 7) is -2.69. The van der Waals surface area contributed by atoms with Gasteiger partial charge in [-0.15, -0.1) is 24.8 Å². The Morgan fingerprint density at radius 1 is 1.45 bits per heavy atom. The summed E-state index contributed by atoms with van der Waals surface area (Å²) < 4.78 is 25.8. The molecule has 2 rings (SSSR count). The monoisotopic (exact) mass is 330 g/mol.